The second-order valence-corrected chi connectivity index (χ2v) is 9.84. The molecule has 0 aliphatic carbocycles. The summed E-state index contributed by atoms with van der Waals surface area (Å²) in [6.07, 6.45) is 0.818. The molecule has 2 heteroatoms. The van der Waals surface area contributed by atoms with E-state index in [0.29, 0.717) is 5.56 Å². The molecule has 2 rings (SSSR count). The van der Waals surface area contributed by atoms with Crippen LogP contribution in [0.1, 0.15) is 90.8 Å². The highest BCUT2D eigenvalue weighted by molar-refractivity contribution is 5.92. The van der Waals surface area contributed by atoms with Crippen LogP contribution in [0.2, 0.25) is 0 Å². The summed E-state index contributed by atoms with van der Waals surface area (Å²) >= 11 is 0. The van der Waals surface area contributed by atoms with Gasteiger partial charge in [-0.15, -0.1) is 0 Å². The maximum absolute atomic E-state index is 12.1. The molecule has 0 aliphatic heterocycles. The van der Waals surface area contributed by atoms with Gasteiger partial charge in [0.2, 0.25) is 0 Å². The number of carboxylic acids is 1. The minimum absolute atomic E-state index is 0.234. The van der Waals surface area contributed by atoms with Crippen LogP contribution in [0.3, 0.4) is 0 Å². The lowest BCUT2D eigenvalue weighted by molar-refractivity contribution is 0.0691. The third kappa shape index (κ3) is 4.43. The van der Waals surface area contributed by atoms with Crippen molar-refractivity contribution in [2.45, 2.75) is 79.6 Å². The Morgan fingerprint density at radius 3 is 1.74 bits per heavy atom. The van der Waals surface area contributed by atoms with Gasteiger partial charge in [-0.05, 0) is 77.0 Å². The zero-order valence-corrected chi connectivity index (χ0v) is 18.4. The van der Waals surface area contributed by atoms with E-state index in [4.69, 9.17) is 0 Å². The maximum Gasteiger partial charge on any atom is 0.336 e. The van der Waals surface area contributed by atoms with Crippen molar-refractivity contribution in [2.24, 2.45) is 0 Å². The maximum atomic E-state index is 12.1. The molecular formula is C25H34O2. The van der Waals surface area contributed by atoms with E-state index in [1.54, 1.807) is 0 Å². The Kier molecular flexibility index (Phi) is 5.61. The molecule has 0 unspecified atom stereocenters. The normalized spacial score (nSPS) is 12.3. The second kappa shape index (κ2) is 7.14. The molecule has 27 heavy (non-hydrogen) atoms. The molecule has 2 aromatic carbocycles. The summed E-state index contributed by atoms with van der Waals surface area (Å²) in [5, 5.41) is 9.96. The molecule has 2 nitrogen and oxygen atoms in total. The SMILES string of the molecule is Cc1ccc(Cc2cc(C(C)(C)C)c(C(=O)O)c(C(C)(C)C)c2)c(C)c1C. The van der Waals surface area contributed by atoms with Crippen LogP contribution in [0.4, 0.5) is 0 Å². The largest absolute Gasteiger partial charge is 0.478 e. The lowest BCUT2D eigenvalue weighted by Crippen LogP contribution is -2.24. The number of benzene rings is 2. The number of rotatable bonds is 3. The predicted molar refractivity (Wildman–Crippen MR) is 114 cm³/mol. The van der Waals surface area contributed by atoms with Gasteiger partial charge in [0.15, 0.2) is 0 Å². The van der Waals surface area contributed by atoms with E-state index >= 15 is 0 Å². The Bertz CT molecular complexity index is 839. The molecule has 0 heterocycles. The first-order chi connectivity index (χ1) is 12.2. The molecule has 2 aromatic rings. The highest BCUT2D eigenvalue weighted by Crippen LogP contribution is 2.36. The molecule has 0 aromatic heterocycles. The van der Waals surface area contributed by atoms with Gasteiger partial charge in [0.1, 0.15) is 0 Å². The van der Waals surface area contributed by atoms with Crippen molar-refractivity contribution in [1.29, 1.82) is 0 Å². The predicted octanol–water partition coefficient (Wildman–Crippen LogP) is 6.50. The van der Waals surface area contributed by atoms with Gasteiger partial charge in [-0.1, -0.05) is 65.8 Å². The molecule has 0 saturated carbocycles. The van der Waals surface area contributed by atoms with Crippen molar-refractivity contribution < 1.29 is 9.90 Å². The van der Waals surface area contributed by atoms with Crippen LogP contribution in [0.15, 0.2) is 24.3 Å². The summed E-state index contributed by atoms with van der Waals surface area (Å²) in [5.41, 5.74) is 8.29. The topological polar surface area (TPSA) is 37.3 Å². The standard InChI is InChI=1S/C25H34O2/c1-15-10-11-19(17(3)16(15)2)12-18-13-20(24(4,5)6)22(23(26)27)21(14-18)25(7,8)9/h10-11,13-14H,12H2,1-9H3,(H,26,27). The number of hydrogen-bond acceptors (Lipinski definition) is 1. The minimum Gasteiger partial charge on any atom is -0.478 e. The van der Waals surface area contributed by atoms with Crippen molar-refractivity contribution in [3.05, 3.63) is 68.8 Å². The molecule has 146 valence electrons. The lowest BCUT2D eigenvalue weighted by Gasteiger charge is -2.29. The summed E-state index contributed by atoms with van der Waals surface area (Å²) < 4.78 is 0. The first-order valence-electron chi connectivity index (χ1n) is 9.70. The van der Waals surface area contributed by atoms with E-state index < -0.39 is 5.97 Å². The third-order valence-corrected chi connectivity index (χ3v) is 5.59. The Morgan fingerprint density at radius 1 is 0.852 bits per heavy atom. The fraction of sp³-hybridized carbons (Fsp3) is 0.480. The van der Waals surface area contributed by atoms with Gasteiger partial charge in [0.05, 0.1) is 5.56 Å². The quantitative estimate of drug-likeness (QED) is 0.673. The summed E-state index contributed by atoms with van der Waals surface area (Å²) in [7, 11) is 0. The van der Waals surface area contributed by atoms with Gasteiger partial charge in [-0.3, -0.25) is 0 Å². The molecule has 0 radical (unpaired) electrons. The van der Waals surface area contributed by atoms with Crippen LogP contribution >= 0.6 is 0 Å². The Balaban J connectivity index is 2.72. The van der Waals surface area contributed by atoms with Gasteiger partial charge in [-0.25, -0.2) is 4.79 Å². The first kappa shape index (κ1) is 21.2. The number of hydrogen-bond donors (Lipinski definition) is 1. The Morgan fingerprint density at radius 2 is 1.33 bits per heavy atom. The highest BCUT2D eigenvalue weighted by Gasteiger charge is 2.30. The fourth-order valence-corrected chi connectivity index (χ4v) is 3.64. The van der Waals surface area contributed by atoms with Gasteiger partial charge in [-0.2, -0.15) is 0 Å². The van der Waals surface area contributed by atoms with Crippen LogP contribution in [-0.2, 0) is 17.3 Å². The van der Waals surface area contributed by atoms with Gasteiger partial charge < -0.3 is 5.11 Å². The molecule has 0 atom stereocenters. The zero-order chi connectivity index (χ0) is 20.7. The van der Waals surface area contributed by atoms with Crippen LogP contribution in [-0.4, -0.2) is 11.1 Å². The smallest absolute Gasteiger partial charge is 0.336 e. The first-order valence-corrected chi connectivity index (χ1v) is 9.70. The van der Waals surface area contributed by atoms with Crippen molar-refractivity contribution in [3.8, 4) is 0 Å². The Hall–Kier alpha value is -2.09. The monoisotopic (exact) mass is 366 g/mol. The number of carbonyl (C=O) groups is 1. The molecule has 0 aliphatic rings. The van der Waals surface area contributed by atoms with Gasteiger partial charge in [0, 0.05) is 0 Å². The minimum atomic E-state index is -0.834. The summed E-state index contributed by atoms with van der Waals surface area (Å²) in [5.74, 6) is -0.834. The molecule has 0 saturated heterocycles. The van der Waals surface area contributed by atoms with Crippen LogP contribution in [0, 0.1) is 20.8 Å². The second-order valence-electron chi connectivity index (χ2n) is 9.84. The van der Waals surface area contributed by atoms with Crippen LogP contribution in [0.25, 0.3) is 0 Å². The van der Waals surface area contributed by atoms with E-state index in [-0.39, 0.29) is 10.8 Å². The van der Waals surface area contributed by atoms with E-state index in [1.807, 2.05) is 0 Å². The summed E-state index contributed by atoms with van der Waals surface area (Å²) in [6.45, 7) is 19.0. The Labute approximate surface area is 164 Å². The number of carboxylic acid groups (broad SMARTS) is 1. The molecule has 0 amide bonds. The summed E-state index contributed by atoms with van der Waals surface area (Å²) in [4.78, 5) is 12.1. The van der Waals surface area contributed by atoms with E-state index in [9.17, 15) is 9.90 Å². The molecular weight excluding hydrogens is 332 g/mol. The molecule has 0 spiro atoms. The number of aromatic carboxylic acids is 1. The van der Waals surface area contributed by atoms with E-state index in [2.05, 4.69) is 86.6 Å². The molecule has 0 bridgehead atoms. The summed E-state index contributed by atoms with van der Waals surface area (Å²) in [6, 6.07) is 8.59. The van der Waals surface area contributed by atoms with E-state index in [0.717, 1.165) is 17.5 Å². The third-order valence-electron chi connectivity index (χ3n) is 5.59. The van der Waals surface area contributed by atoms with Crippen molar-refractivity contribution in [3.63, 3.8) is 0 Å². The van der Waals surface area contributed by atoms with Crippen LogP contribution < -0.4 is 0 Å². The van der Waals surface area contributed by atoms with Gasteiger partial charge >= 0.3 is 5.97 Å². The zero-order valence-electron chi connectivity index (χ0n) is 18.4. The van der Waals surface area contributed by atoms with Crippen molar-refractivity contribution >= 4 is 5.97 Å². The fourth-order valence-electron chi connectivity index (χ4n) is 3.64. The van der Waals surface area contributed by atoms with Crippen molar-refractivity contribution in [2.75, 3.05) is 0 Å². The molecule has 0 fully saturated rings. The average molecular weight is 367 g/mol. The average Bonchev–Trinajstić information content (AvgIpc) is 2.53. The number of aryl methyl sites for hydroxylation is 1. The highest BCUT2D eigenvalue weighted by atomic mass is 16.4. The molecule has 1 N–H and O–H groups in total. The van der Waals surface area contributed by atoms with Crippen LogP contribution in [0.5, 0.6) is 0 Å². The van der Waals surface area contributed by atoms with Crippen molar-refractivity contribution in [1.82, 2.24) is 0 Å². The lowest BCUT2D eigenvalue weighted by atomic mass is 9.74. The van der Waals surface area contributed by atoms with Gasteiger partial charge in [0.25, 0.3) is 0 Å². The van der Waals surface area contributed by atoms with E-state index in [1.165, 1.54) is 27.8 Å².